The molecule has 2 aromatic carbocycles. The minimum absolute atomic E-state index is 0.0119. The molecule has 0 fully saturated rings. The van der Waals surface area contributed by atoms with Crippen molar-refractivity contribution in [2.45, 2.75) is 39.1 Å². The van der Waals surface area contributed by atoms with E-state index in [9.17, 15) is 13.2 Å². The standard InChI is InChI=1S/C24H24ClN5O3S/c1-5-30-21-11-6-17(25)13-20(21)16(4)22(30)23(31)28-18-7-9-19(10-8-18)34(32,33)29-24-26-14(2)12-15(3)27-24/h6-13H,5H2,1-4H3,(H,28,31)(H,26,27,29). The number of sulfonamides is 1. The first-order valence-electron chi connectivity index (χ1n) is 10.6. The smallest absolute Gasteiger partial charge is 0.272 e. The maximum Gasteiger partial charge on any atom is 0.272 e. The molecule has 0 saturated heterocycles. The Labute approximate surface area is 203 Å². The molecule has 1 amide bonds. The van der Waals surface area contributed by atoms with Gasteiger partial charge >= 0.3 is 0 Å². The van der Waals surface area contributed by atoms with Gasteiger partial charge < -0.3 is 9.88 Å². The molecular formula is C24H24ClN5O3S. The maximum absolute atomic E-state index is 13.1. The van der Waals surface area contributed by atoms with Crippen molar-refractivity contribution in [2.75, 3.05) is 10.0 Å². The van der Waals surface area contributed by atoms with Crippen LogP contribution < -0.4 is 10.0 Å². The van der Waals surface area contributed by atoms with Crippen LogP contribution in [0.25, 0.3) is 10.9 Å². The molecule has 0 spiro atoms. The number of amides is 1. The van der Waals surface area contributed by atoms with Crippen LogP contribution in [0.4, 0.5) is 11.6 Å². The second kappa shape index (κ2) is 9.08. The summed E-state index contributed by atoms with van der Waals surface area (Å²) < 4.78 is 29.8. The number of nitrogens with zero attached hydrogens (tertiary/aromatic N) is 3. The third-order valence-corrected chi connectivity index (χ3v) is 7.02. The Balaban J connectivity index is 1.57. The number of carbonyl (C=O) groups excluding carboxylic acids is 1. The highest BCUT2D eigenvalue weighted by Crippen LogP contribution is 2.29. The fourth-order valence-corrected chi connectivity index (χ4v) is 5.09. The number of aromatic nitrogens is 3. The van der Waals surface area contributed by atoms with E-state index in [1.807, 2.05) is 30.5 Å². The molecule has 34 heavy (non-hydrogen) atoms. The van der Waals surface area contributed by atoms with Crippen molar-refractivity contribution < 1.29 is 13.2 Å². The van der Waals surface area contributed by atoms with Gasteiger partial charge in [0.25, 0.3) is 15.9 Å². The highest BCUT2D eigenvalue weighted by molar-refractivity contribution is 7.92. The second-order valence-corrected chi connectivity index (χ2v) is 10.1. The Morgan fingerprint density at radius 1 is 1.00 bits per heavy atom. The van der Waals surface area contributed by atoms with Crippen LogP contribution in [0.5, 0.6) is 0 Å². The average Bonchev–Trinajstić information content (AvgIpc) is 3.04. The molecule has 2 heterocycles. The van der Waals surface area contributed by atoms with E-state index in [1.54, 1.807) is 38.1 Å². The van der Waals surface area contributed by atoms with E-state index >= 15 is 0 Å². The summed E-state index contributed by atoms with van der Waals surface area (Å²) in [5, 5.41) is 4.38. The zero-order valence-corrected chi connectivity index (χ0v) is 20.8. The van der Waals surface area contributed by atoms with Gasteiger partial charge in [-0.2, -0.15) is 0 Å². The van der Waals surface area contributed by atoms with Crippen LogP contribution in [0, 0.1) is 20.8 Å². The molecule has 0 aliphatic rings. The van der Waals surface area contributed by atoms with Gasteiger partial charge in [-0.05, 0) is 81.8 Å². The molecule has 0 aliphatic carbocycles. The quantitative estimate of drug-likeness (QED) is 0.386. The minimum Gasteiger partial charge on any atom is -0.337 e. The van der Waals surface area contributed by atoms with Gasteiger partial charge in [0.1, 0.15) is 5.69 Å². The van der Waals surface area contributed by atoms with Gasteiger partial charge in [-0.1, -0.05) is 11.6 Å². The first-order valence-corrected chi connectivity index (χ1v) is 12.5. The predicted octanol–water partition coefficient (Wildman–Crippen LogP) is 5.08. The first-order chi connectivity index (χ1) is 16.1. The van der Waals surface area contributed by atoms with Gasteiger partial charge in [0.2, 0.25) is 5.95 Å². The molecule has 4 rings (SSSR count). The van der Waals surface area contributed by atoms with Crippen molar-refractivity contribution in [3.05, 3.63) is 76.2 Å². The lowest BCUT2D eigenvalue weighted by atomic mass is 10.1. The van der Waals surface area contributed by atoms with Crippen molar-refractivity contribution in [3.8, 4) is 0 Å². The Bertz CT molecular complexity index is 1490. The number of rotatable bonds is 6. The van der Waals surface area contributed by atoms with E-state index in [0.29, 0.717) is 34.3 Å². The van der Waals surface area contributed by atoms with Crippen LogP contribution in [0.15, 0.2) is 53.4 Å². The largest absolute Gasteiger partial charge is 0.337 e. The molecule has 0 atom stereocenters. The van der Waals surface area contributed by atoms with Crippen LogP contribution >= 0.6 is 11.6 Å². The number of hydrogen-bond acceptors (Lipinski definition) is 5. The summed E-state index contributed by atoms with van der Waals surface area (Å²) in [4.78, 5) is 21.4. The van der Waals surface area contributed by atoms with Crippen LogP contribution in [0.3, 0.4) is 0 Å². The maximum atomic E-state index is 13.1. The highest BCUT2D eigenvalue weighted by Gasteiger charge is 2.21. The average molecular weight is 498 g/mol. The van der Waals surface area contributed by atoms with Gasteiger partial charge in [-0.3, -0.25) is 4.79 Å². The summed E-state index contributed by atoms with van der Waals surface area (Å²) >= 11 is 6.15. The molecule has 2 N–H and O–H groups in total. The van der Waals surface area contributed by atoms with Crippen molar-refractivity contribution >= 4 is 50.1 Å². The normalized spacial score (nSPS) is 11.6. The molecule has 0 aliphatic heterocycles. The Morgan fingerprint density at radius 3 is 2.26 bits per heavy atom. The van der Waals surface area contributed by atoms with Gasteiger partial charge in [0.05, 0.1) is 4.90 Å². The number of halogens is 1. The second-order valence-electron chi connectivity index (χ2n) is 7.94. The molecule has 0 bridgehead atoms. The number of aryl methyl sites for hydroxylation is 4. The molecule has 4 aromatic rings. The van der Waals surface area contributed by atoms with Crippen LogP contribution in [-0.4, -0.2) is 28.9 Å². The summed E-state index contributed by atoms with van der Waals surface area (Å²) in [6.45, 7) is 7.99. The third kappa shape index (κ3) is 4.62. The molecule has 2 aromatic heterocycles. The van der Waals surface area contributed by atoms with Crippen LogP contribution in [0.2, 0.25) is 5.02 Å². The first kappa shape index (κ1) is 23.7. The third-order valence-electron chi connectivity index (χ3n) is 5.44. The summed E-state index contributed by atoms with van der Waals surface area (Å²) in [5.74, 6) is -0.276. The molecule has 176 valence electrons. The zero-order valence-electron chi connectivity index (χ0n) is 19.2. The number of hydrogen-bond donors (Lipinski definition) is 2. The van der Waals surface area contributed by atoms with Gasteiger partial charge in [-0.15, -0.1) is 0 Å². The Morgan fingerprint density at radius 2 is 1.65 bits per heavy atom. The summed E-state index contributed by atoms with van der Waals surface area (Å²) in [6, 6.07) is 13.2. The van der Waals surface area contributed by atoms with Gasteiger partial charge in [0.15, 0.2) is 0 Å². The van der Waals surface area contributed by atoms with Crippen LogP contribution in [0.1, 0.15) is 34.4 Å². The number of benzene rings is 2. The summed E-state index contributed by atoms with van der Waals surface area (Å²) in [6.07, 6.45) is 0. The lowest BCUT2D eigenvalue weighted by Gasteiger charge is -2.11. The molecule has 0 radical (unpaired) electrons. The number of fused-ring (bicyclic) bond motifs is 1. The highest BCUT2D eigenvalue weighted by atomic mass is 35.5. The predicted molar refractivity (Wildman–Crippen MR) is 134 cm³/mol. The summed E-state index contributed by atoms with van der Waals surface area (Å²) in [5.41, 5.74) is 4.07. The molecule has 0 unspecified atom stereocenters. The Hall–Kier alpha value is -3.43. The lowest BCUT2D eigenvalue weighted by molar-refractivity contribution is 0.101. The van der Waals surface area contributed by atoms with E-state index in [2.05, 4.69) is 20.0 Å². The molecule has 10 heteroatoms. The summed E-state index contributed by atoms with van der Waals surface area (Å²) in [7, 11) is -3.89. The SMILES string of the molecule is CCn1c(C(=O)Nc2ccc(S(=O)(=O)Nc3nc(C)cc(C)n3)cc2)c(C)c2cc(Cl)ccc21. The van der Waals surface area contributed by atoms with Crippen molar-refractivity contribution in [1.29, 1.82) is 0 Å². The van der Waals surface area contributed by atoms with E-state index in [4.69, 9.17) is 11.6 Å². The van der Waals surface area contributed by atoms with Gasteiger partial charge in [0, 0.05) is 39.5 Å². The fraction of sp³-hybridized carbons (Fsp3) is 0.208. The lowest BCUT2D eigenvalue weighted by Crippen LogP contribution is -2.18. The zero-order chi connectivity index (χ0) is 24.6. The van der Waals surface area contributed by atoms with E-state index in [0.717, 1.165) is 16.5 Å². The van der Waals surface area contributed by atoms with Crippen molar-refractivity contribution in [1.82, 2.24) is 14.5 Å². The fourth-order valence-electron chi connectivity index (χ4n) is 3.97. The van der Waals surface area contributed by atoms with E-state index in [1.165, 1.54) is 12.1 Å². The van der Waals surface area contributed by atoms with E-state index < -0.39 is 10.0 Å². The van der Waals surface area contributed by atoms with E-state index in [-0.39, 0.29) is 16.8 Å². The van der Waals surface area contributed by atoms with Crippen molar-refractivity contribution in [2.24, 2.45) is 0 Å². The molecule has 8 nitrogen and oxygen atoms in total. The van der Waals surface area contributed by atoms with Gasteiger partial charge in [-0.25, -0.2) is 23.1 Å². The topological polar surface area (TPSA) is 106 Å². The number of nitrogens with one attached hydrogen (secondary N) is 2. The van der Waals surface area contributed by atoms with Crippen LogP contribution in [-0.2, 0) is 16.6 Å². The minimum atomic E-state index is -3.89. The van der Waals surface area contributed by atoms with Crippen molar-refractivity contribution in [3.63, 3.8) is 0 Å². The number of anilines is 2. The monoisotopic (exact) mass is 497 g/mol. The Kier molecular flexibility index (Phi) is 6.33. The molecular weight excluding hydrogens is 474 g/mol. The molecule has 0 saturated carbocycles. The number of carbonyl (C=O) groups is 1.